The van der Waals surface area contributed by atoms with E-state index in [1.54, 1.807) is 13.2 Å². The molecule has 0 atom stereocenters. The smallest absolute Gasteiger partial charge is 0.126 e. The van der Waals surface area contributed by atoms with Crippen molar-refractivity contribution in [2.45, 2.75) is 13.8 Å². The minimum absolute atomic E-state index is 0.358. The summed E-state index contributed by atoms with van der Waals surface area (Å²) >= 11 is 0. The van der Waals surface area contributed by atoms with Gasteiger partial charge in [-0.1, -0.05) is 27.0 Å². The topological polar surface area (TPSA) is 44.5 Å². The third-order valence-electron chi connectivity index (χ3n) is 1.37. The van der Waals surface area contributed by atoms with Gasteiger partial charge in [-0.2, -0.15) is 0 Å². The van der Waals surface area contributed by atoms with E-state index >= 15 is 0 Å². The Morgan fingerprint density at radius 3 is 2.00 bits per heavy atom. The maximum atomic E-state index is 5.37. The molecule has 0 fully saturated rings. The Bertz CT molecular complexity index is 207. The van der Waals surface area contributed by atoms with Crippen LogP contribution in [0.1, 0.15) is 13.8 Å². The molecule has 0 unspecified atom stereocenters. The molecular weight excluding hydrogens is 178 g/mol. The average Bonchev–Trinajstić information content (AvgIpc) is 2.27. The van der Waals surface area contributed by atoms with Gasteiger partial charge in [0.15, 0.2) is 0 Å². The Morgan fingerprint density at radius 1 is 1.21 bits per heavy atom. The maximum Gasteiger partial charge on any atom is 0.126 e. The molecule has 0 spiro atoms. The van der Waals surface area contributed by atoms with Gasteiger partial charge in [0, 0.05) is 18.2 Å². The van der Waals surface area contributed by atoms with E-state index in [1.807, 2.05) is 13.8 Å². The van der Waals surface area contributed by atoms with Gasteiger partial charge in [-0.05, 0) is 0 Å². The maximum absolute atomic E-state index is 5.37. The van der Waals surface area contributed by atoms with Crippen LogP contribution in [-0.4, -0.2) is 20.8 Å². The zero-order valence-corrected chi connectivity index (χ0v) is 9.59. The van der Waals surface area contributed by atoms with Crippen molar-refractivity contribution < 1.29 is 9.47 Å². The third-order valence-corrected chi connectivity index (χ3v) is 1.37. The molecule has 0 radical (unpaired) electrons. The van der Waals surface area contributed by atoms with E-state index < -0.39 is 0 Å². The summed E-state index contributed by atoms with van der Waals surface area (Å²) in [6, 6.07) is 0. The van der Waals surface area contributed by atoms with Crippen molar-refractivity contribution in [3.05, 3.63) is 36.3 Å². The van der Waals surface area contributed by atoms with Crippen LogP contribution in [0.4, 0.5) is 0 Å². The molecule has 0 aromatic rings. The minimum Gasteiger partial charge on any atom is -0.497 e. The van der Waals surface area contributed by atoms with Gasteiger partial charge in [-0.25, -0.2) is 0 Å². The zero-order valence-electron chi connectivity index (χ0n) is 9.59. The molecule has 0 aliphatic rings. The van der Waals surface area contributed by atoms with Gasteiger partial charge in [0.05, 0.1) is 14.2 Å². The Hall–Kier alpha value is -1.22. The highest BCUT2D eigenvalue weighted by Gasteiger charge is 2.00. The lowest BCUT2D eigenvalue weighted by Crippen LogP contribution is -2.05. The molecule has 0 saturated carbocycles. The zero-order chi connectivity index (χ0) is 11.6. The molecule has 2 N–H and O–H groups in total. The average molecular weight is 199 g/mol. The molecule has 0 aromatic heterocycles. The highest BCUT2D eigenvalue weighted by molar-refractivity contribution is 5.28. The minimum atomic E-state index is 0.358. The largest absolute Gasteiger partial charge is 0.497 e. The Morgan fingerprint density at radius 2 is 1.71 bits per heavy atom. The molecule has 3 nitrogen and oxygen atoms in total. The monoisotopic (exact) mass is 199 g/mol. The standard InChI is InChI=1S/C9H15NO2.C2H6/c1-7(6-10)9(12-4)5-8(2)11-3;1-2/h5H,1-2,6,10H2,3-4H3;1-2H3/b9-5+;. The number of hydrogen-bond donors (Lipinski definition) is 1. The second-order valence-corrected chi connectivity index (χ2v) is 2.19. The van der Waals surface area contributed by atoms with E-state index in [4.69, 9.17) is 15.2 Å². The molecule has 0 aliphatic heterocycles. The second-order valence-electron chi connectivity index (χ2n) is 2.19. The normalized spacial score (nSPS) is 9.64. The summed E-state index contributed by atoms with van der Waals surface area (Å²) in [5.74, 6) is 1.12. The van der Waals surface area contributed by atoms with Crippen molar-refractivity contribution in [3.8, 4) is 0 Å². The van der Waals surface area contributed by atoms with Crippen molar-refractivity contribution in [1.29, 1.82) is 0 Å². The van der Waals surface area contributed by atoms with Crippen molar-refractivity contribution >= 4 is 0 Å². The summed E-state index contributed by atoms with van der Waals surface area (Å²) in [7, 11) is 3.09. The number of ether oxygens (including phenoxy) is 2. The first-order chi connectivity index (χ1) is 6.65. The van der Waals surface area contributed by atoms with E-state index in [0.29, 0.717) is 18.1 Å². The van der Waals surface area contributed by atoms with Crippen LogP contribution >= 0.6 is 0 Å². The van der Waals surface area contributed by atoms with Crippen LogP contribution in [0.2, 0.25) is 0 Å². The quantitative estimate of drug-likeness (QED) is 0.545. The number of nitrogens with two attached hydrogens (primary N) is 1. The second kappa shape index (κ2) is 9.86. The summed E-state index contributed by atoms with van der Waals surface area (Å²) in [5, 5.41) is 0. The summed E-state index contributed by atoms with van der Waals surface area (Å²) in [6.45, 7) is 11.7. The van der Waals surface area contributed by atoms with E-state index in [1.165, 1.54) is 7.11 Å². The Kier molecular flexibility index (Phi) is 10.8. The Labute approximate surface area is 86.9 Å². The number of allylic oxidation sites excluding steroid dienone is 1. The third kappa shape index (κ3) is 6.31. The SMILES string of the molecule is C=C(/C=C(/OC)C(=C)CN)OC.CC. The Balaban J connectivity index is 0. The molecule has 0 rings (SSSR count). The predicted molar refractivity (Wildman–Crippen MR) is 60.8 cm³/mol. The van der Waals surface area contributed by atoms with Crippen LogP contribution in [0.3, 0.4) is 0 Å². The first kappa shape index (κ1) is 15.3. The molecule has 0 heterocycles. The molecule has 0 amide bonds. The lowest BCUT2D eigenvalue weighted by molar-refractivity contribution is 0.282. The summed E-state index contributed by atoms with van der Waals surface area (Å²) < 4.78 is 9.86. The van der Waals surface area contributed by atoms with E-state index in [2.05, 4.69) is 13.2 Å². The van der Waals surface area contributed by atoms with Crippen molar-refractivity contribution in [2.24, 2.45) is 5.73 Å². The van der Waals surface area contributed by atoms with E-state index in [9.17, 15) is 0 Å². The molecule has 3 heteroatoms. The van der Waals surface area contributed by atoms with Gasteiger partial charge < -0.3 is 15.2 Å². The molecular formula is C11H21NO2. The van der Waals surface area contributed by atoms with Crippen LogP contribution in [-0.2, 0) is 9.47 Å². The summed E-state index contributed by atoms with van der Waals surface area (Å²) in [5.41, 5.74) is 6.09. The first-order valence-corrected chi connectivity index (χ1v) is 4.52. The van der Waals surface area contributed by atoms with Crippen molar-refractivity contribution in [3.63, 3.8) is 0 Å². The molecule has 0 aliphatic carbocycles. The van der Waals surface area contributed by atoms with Gasteiger partial charge >= 0.3 is 0 Å². The number of hydrogen-bond acceptors (Lipinski definition) is 3. The predicted octanol–water partition coefficient (Wildman–Crippen LogP) is 2.22. The van der Waals surface area contributed by atoms with Gasteiger partial charge in [0.1, 0.15) is 11.5 Å². The van der Waals surface area contributed by atoms with Gasteiger partial charge in [0.2, 0.25) is 0 Å². The molecule has 14 heavy (non-hydrogen) atoms. The lowest BCUT2D eigenvalue weighted by Gasteiger charge is -2.07. The lowest BCUT2D eigenvalue weighted by atomic mass is 10.2. The van der Waals surface area contributed by atoms with E-state index in [0.717, 1.165) is 5.57 Å². The highest BCUT2D eigenvalue weighted by Crippen LogP contribution is 2.09. The molecule has 0 aromatic carbocycles. The van der Waals surface area contributed by atoms with Crippen LogP contribution < -0.4 is 5.73 Å². The highest BCUT2D eigenvalue weighted by atomic mass is 16.5. The van der Waals surface area contributed by atoms with E-state index in [-0.39, 0.29) is 0 Å². The summed E-state index contributed by atoms with van der Waals surface area (Å²) in [4.78, 5) is 0. The van der Waals surface area contributed by atoms with Crippen molar-refractivity contribution in [2.75, 3.05) is 20.8 Å². The van der Waals surface area contributed by atoms with Gasteiger partial charge in [-0.15, -0.1) is 0 Å². The fraction of sp³-hybridized carbons (Fsp3) is 0.455. The first-order valence-electron chi connectivity index (χ1n) is 4.52. The van der Waals surface area contributed by atoms with Crippen LogP contribution in [0.25, 0.3) is 0 Å². The number of methoxy groups -OCH3 is 2. The molecule has 0 saturated heterocycles. The van der Waals surface area contributed by atoms with Crippen molar-refractivity contribution in [1.82, 2.24) is 0 Å². The van der Waals surface area contributed by atoms with Crippen LogP contribution in [0.15, 0.2) is 36.3 Å². The summed E-state index contributed by atoms with van der Waals surface area (Å²) in [6.07, 6.45) is 1.65. The fourth-order valence-electron chi connectivity index (χ4n) is 0.611. The van der Waals surface area contributed by atoms with Crippen LogP contribution in [0.5, 0.6) is 0 Å². The van der Waals surface area contributed by atoms with Crippen LogP contribution in [0, 0.1) is 0 Å². The molecule has 0 bridgehead atoms. The van der Waals surface area contributed by atoms with Gasteiger partial charge in [-0.3, -0.25) is 0 Å². The van der Waals surface area contributed by atoms with Gasteiger partial charge in [0.25, 0.3) is 0 Å². The number of rotatable bonds is 5. The molecule has 82 valence electrons. The fourth-order valence-corrected chi connectivity index (χ4v) is 0.611.